The number of aromatic nitrogens is 2. The summed E-state index contributed by atoms with van der Waals surface area (Å²) < 4.78 is 28.9. The molecule has 1 aliphatic rings. The lowest BCUT2D eigenvalue weighted by Crippen LogP contribution is -2.18. The lowest BCUT2D eigenvalue weighted by molar-refractivity contribution is 0.600. The van der Waals surface area contributed by atoms with E-state index in [0.29, 0.717) is 23.4 Å². The number of nitrogens with zero attached hydrogens (tertiary/aromatic N) is 2. The van der Waals surface area contributed by atoms with Crippen LogP contribution in [0.1, 0.15) is 43.2 Å². The number of sulfonamides is 1. The normalized spacial score (nSPS) is 14.3. The molecule has 4 rings (SSSR count). The Hall–Kier alpha value is -2.93. The van der Waals surface area contributed by atoms with Crippen LogP contribution in [-0.4, -0.2) is 24.9 Å². The number of allylic oxidation sites excluding steroid dienone is 1. The third-order valence-corrected chi connectivity index (χ3v) is 7.04. The van der Waals surface area contributed by atoms with Crippen molar-refractivity contribution in [3.63, 3.8) is 0 Å². The van der Waals surface area contributed by atoms with E-state index in [9.17, 15) is 8.42 Å². The van der Waals surface area contributed by atoms with Gasteiger partial charge in [0.2, 0.25) is 0 Å². The van der Waals surface area contributed by atoms with Crippen molar-refractivity contribution >= 4 is 32.7 Å². The van der Waals surface area contributed by atoms with Crippen LogP contribution < -0.4 is 10.0 Å². The van der Waals surface area contributed by atoms with E-state index in [0.717, 1.165) is 30.3 Å². The summed E-state index contributed by atoms with van der Waals surface area (Å²) in [4.78, 5) is 9.46. The Labute approximate surface area is 183 Å². The first-order valence-electron chi connectivity index (χ1n) is 10.7. The maximum atomic E-state index is 13.1. The molecule has 1 aromatic heterocycles. The molecule has 2 aromatic carbocycles. The topological polar surface area (TPSA) is 84.0 Å². The molecule has 31 heavy (non-hydrogen) atoms. The predicted octanol–water partition coefficient (Wildman–Crippen LogP) is 5.35. The van der Waals surface area contributed by atoms with Gasteiger partial charge in [-0.15, -0.1) is 0 Å². The van der Waals surface area contributed by atoms with Crippen LogP contribution in [-0.2, 0) is 10.0 Å². The summed E-state index contributed by atoms with van der Waals surface area (Å²) in [7, 11) is -3.80. The van der Waals surface area contributed by atoms with Crippen LogP contribution in [0.4, 0.5) is 11.6 Å². The van der Waals surface area contributed by atoms with Gasteiger partial charge in [0.15, 0.2) is 11.6 Å². The third kappa shape index (κ3) is 5.05. The zero-order valence-corrected chi connectivity index (χ0v) is 18.8. The van der Waals surface area contributed by atoms with E-state index in [1.54, 1.807) is 19.1 Å². The molecule has 3 aromatic rings. The molecule has 0 aliphatic heterocycles. The highest BCUT2D eigenvalue weighted by Crippen LogP contribution is 2.26. The van der Waals surface area contributed by atoms with Crippen LogP contribution >= 0.6 is 0 Å². The summed E-state index contributed by atoms with van der Waals surface area (Å²) in [6.45, 7) is 4.41. The molecule has 0 amide bonds. The summed E-state index contributed by atoms with van der Waals surface area (Å²) in [6, 6.07) is 12.7. The average Bonchev–Trinajstić information content (AvgIpc) is 2.74. The Morgan fingerprint density at radius 2 is 1.71 bits per heavy atom. The molecular weight excluding hydrogens is 408 g/mol. The molecular formula is C24H28N4O2S. The third-order valence-electron chi connectivity index (χ3n) is 5.55. The van der Waals surface area contributed by atoms with E-state index in [2.05, 4.69) is 26.1 Å². The molecule has 0 fully saturated rings. The molecule has 162 valence electrons. The van der Waals surface area contributed by atoms with Crippen LogP contribution in [0.25, 0.3) is 11.0 Å². The van der Waals surface area contributed by atoms with Gasteiger partial charge in [-0.25, -0.2) is 18.4 Å². The molecule has 0 saturated heterocycles. The predicted molar refractivity (Wildman–Crippen MR) is 126 cm³/mol. The van der Waals surface area contributed by atoms with Crippen LogP contribution in [0.2, 0.25) is 0 Å². The van der Waals surface area contributed by atoms with E-state index in [-0.39, 0.29) is 10.7 Å². The van der Waals surface area contributed by atoms with Gasteiger partial charge >= 0.3 is 0 Å². The maximum Gasteiger partial charge on any atom is 0.263 e. The molecule has 6 nitrogen and oxygen atoms in total. The van der Waals surface area contributed by atoms with Crippen LogP contribution in [0.5, 0.6) is 0 Å². The molecule has 0 atom stereocenters. The van der Waals surface area contributed by atoms with Crippen LogP contribution in [0.3, 0.4) is 0 Å². The van der Waals surface area contributed by atoms with E-state index in [1.807, 2.05) is 37.3 Å². The minimum atomic E-state index is -3.80. The van der Waals surface area contributed by atoms with Gasteiger partial charge in [0, 0.05) is 6.54 Å². The monoisotopic (exact) mass is 436 g/mol. The van der Waals surface area contributed by atoms with Gasteiger partial charge in [0.05, 0.1) is 15.9 Å². The van der Waals surface area contributed by atoms with E-state index in [1.165, 1.54) is 18.4 Å². The number of nitrogens with one attached hydrogen (secondary N) is 2. The summed E-state index contributed by atoms with van der Waals surface area (Å²) >= 11 is 0. The quantitative estimate of drug-likeness (QED) is 0.488. The Morgan fingerprint density at radius 3 is 2.39 bits per heavy atom. The number of hydrogen-bond donors (Lipinski definition) is 2. The van der Waals surface area contributed by atoms with Crippen molar-refractivity contribution in [2.75, 3.05) is 16.6 Å². The number of fused-ring (bicyclic) bond motifs is 1. The van der Waals surface area contributed by atoms with Crippen LogP contribution in [0, 0.1) is 13.8 Å². The van der Waals surface area contributed by atoms with Crippen molar-refractivity contribution in [1.29, 1.82) is 0 Å². The second kappa shape index (κ2) is 9.06. The fourth-order valence-corrected chi connectivity index (χ4v) is 5.19. The number of anilines is 2. The largest absolute Gasteiger partial charge is 0.367 e. The van der Waals surface area contributed by atoms with Crippen molar-refractivity contribution < 1.29 is 8.42 Å². The smallest absolute Gasteiger partial charge is 0.263 e. The zero-order chi connectivity index (χ0) is 21.8. The Morgan fingerprint density at radius 1 is 0.968 bits per heavy atom. The molecule has 2 N–H and O–H groups in total. The maximum absolute atomic E-state index is 13.1. The molecule has 0 unspecified atom stereocenters. The first-order valence-corrected chi connectivity index (χ1v) is 12.2. The van der Waals surface area contributed by atoms with Crippen molar-refractivity contribution in [2.45, 2.75) is 50.8 Å². The Balaban J connectivity index is 1.63. The molecule has 0 spiro atoms. The van der Waals surface area contributed by atoms with Gasteiger partial charge in [-0.05, 0) is 69.7 Å². The first-order chi connectivity index (χ1) is 14.9. The van der Waals surface area contributed by atoms with Gasteiger partial charge < -0.3 is 5.32 Å². The minimum absolute atomic E-state index is 0.219. The number of hydrogen-bond acceptors (Lipinski definition) is 5. The number of para-hydroxylation sites is 2. The highest BCUT2D eigenvalue weighted by Gasteiger charge is 2.20. The SMILES string of the molecule is Cc1ccc(S(=O)(=O)Nc2nc3ccccc3nc2NCCC2=CCCCC2)c(C)c1. The highest BCUT2D eigenvalue weighted by molar-refractivity contribution is 7.92. The first kappa shape index (κ1) is 21.3. The molecule has 0 bridgehead atoms. The second-order valence-corrected chi connectivity index (χ2v) is 9.72. The second-order valence-electron chi connectivity index (χ2n) is 8.07. The summed E-state index contributed by atoms with van der Waals surface area (Å²) in [5, 5.41) is 3.31. The van der Waals surface area contributed by atoms with E-state index < -0.39 is 10.0 Å². The molecule has 1 heterocycles. The minimum Gasteiger partial charge on any atom is -0.367 e. The highest BCUT2D eigenvalue weighted by atomic mass is 32.2. The van der Waals surface area contributed by atoms with Gasteiger partial charge in [0.1, 0.15) is 0 Å². The summed E-state index contributed by atoms with van der Waals surface area (Å²) in [5.74, 6) is 0.666. The number of aryl methyl sites for hydroxylation is 2. The van der Waals surface area contributed by atoms with E-state index in [4.69, 9.17) is 0 Å². The zero-order valence-electron chi connectivity index (χ0n) is 18.0. The standard InChI is InChI=1S/C24H28N4O2S/c1-17-12-13-22(18(2)16-17)31(29,30)28-24-23(25-15-14-19-8-4-3-5-9-19)26-20-10-6-7-11-21(20)27-24/h6-8,10-13,16H,3-5,9,14-15H2,1-2H3,(H,25,26)(H,27,28). The average molecular weight is 437 g/mol. The van der Waals surface area contributed by atoms with Gasteiger partial charge in [-0.3, -0.25) is 4.72 Å². The lowest BCUT2D eigenvalue weighted by atomic mass is 9.97. The van der Waals surface area contributed by atoms with Crippen molar-refractivity contribution in [2.24, 2.45) is 0 Å². The van der Waals surface area contributed by atoms with Gasteiger partial charge in [-0.1, -0.05) is 41.5 Å². The van der Waals surface area contributed by atoms with Crippen molar-refractivity contribution in [1.82, 2.24) is 9.97 Å². The fourth-order valence-electron chi connectivity index (χ4n) is 3.95. The van der Waals surface area contributed by atoms with Gasteiger partial charge in [0.25, 0.3) is 10.0 Å². The van der Waals surface area contributed by atoms with Crippen LogP contribution in [0.15, 0.2) is 59.0 Å². The van der Waals surface area contributed by atoms with E-state index >= 15 is 0 Å². The molecule has 7 heteroatoms. The summed E-state index contributed by atoms with van der Waals surface area (Å²) in [5.41, 5.74) is 4.52. The Kier molecular flexibility index (Phi) is 6.23. The number of benzene rings is 2. The molecule has 0 radical (unpaired) electrons. The lowest BCUT2D eigenvalue weighted by Gasteiger charge is -2.16. The summed E-state index contributed by atoms with van der Waals surface area (Å²) in [6.07, 6.45) is 8.02. The molecule has 0 saturated carbocycles. The molecule has 1 aliphatic carbocycles. The van der Waals surface area contributed by atoms with Crippen molar-refractivity contribution in [3.8, 4) is 0 Å². The van der Waals surface area contributed by atoms with Crippen molar-refractivity contribution in [3.05, 3.63) is 65.2 Å². The number of rotatable bonds is 7. The van der Waals surface area contributed by atoms with Gasteiger partial charge in [-0.2, -0.15) is 0 Å². The Bertz CT molecular complexity index is 1240. The fraction of sp³-hybridized carbons (Fsp3) is 0.333.